The Kier molecular flexibility index (Phi) is 4.97. The lowest BCUT2D eigenvalue weighted by atomic mass is 10.1. The number of nitro benzene ring substituents is 1. The zero-order valence-corrected chi connectivity index (χ0v) is 12.8. The molecular formula is C15H12FN3O3S. The highest BCUT2D eigenvalue weighted by Crippen LogP contribution is 2.19. The fourth-order valence-corrected chi connectivity index (χ4v) is 2.07. The maximum Gasteiger partial charge on any atom is 0.282 e. The van der Waals surface area contributed by atoms with Crippen molar-refractivity contribution < 1.29 is 14.1 Å². The first-order valence-corrected chi connectivity index (χ1v) is 6.90. The molecule has 2 aromatic rings. The summed E-state index contributed by atoms with van der Waals surface area (Å²) in [6.45, 7) is 1.72. The summed E-state index contributed by atoms with van der Waals surface area (Å²) in [5.41, 5.74) is 0.796. The van der Waals surface area contributed by atoms with E-state index in [1.165, 1.54) is 36.4 Å². The van der Waals surface area contributed by atoms with E-state index in [1.54, 1.807) is 13.0 Å². The molecule has 0 heterocycles. The molecule has 0 unspecified atom stereocenters. The van der Waals surface area contributed by atoms with Crippen LogP contribution in [0.3, 0.4) is 0 Å². The molecule has 23 heavy (non-hydrogen) atoms. The summed E-state index contributed by atoms with van der Waals surface area (Å²) in [6.07, 6.45) is 0. The molecule has 0 aliphatic rings. The van der Waals surface area contributed by atoms with Crippen molar-refractivity contribution >= 4 is 34.6 Å². The highest BCUT2D eigenvalue weighted by atomic mass is 32.1. The number of nitro groups is 1. The average Bonchev–Trinajstić information content (AvgIpc) is 2.49. The third kappa shape index (κ3) is 4.30. The van der Waals surface area contributed by atoms with Gasteiger partial charge in [-0.25, -0.2) is 4.39 Å². The van der Waals surface area contributed by atoms with Crippen molar-refractivity contribution in [1.82, 2.24) is 5.32 Å². The first-order valence-electron chi connectivity index (χ1n) is 6.50. The zero-order valence-electron chi connectivity index (χ0n) is 12.0. The van der Waals surface area contributed by atoms with Gasteiger partial charge in [-0.3, -0.25) is 20.2 Å². The number of benzene rings is 2. The number of rotatable bonds is 3. The van der Waals surface area contributed by atoms with Gasteiger partial charge in [0.25, 0.3) is 11.6 Å². The van der Waals surface area contributed by atoms with Crippen molar-refractivity contribution in [2.24, 2.45) is 0 Å². The number of hydrogen-bond acceptors (Lipinski definition) is 4. The molecule has 0 fully saturated rings. The minimum Gasteiger partial charge on any atom is -0.332 e. The van der Waals surface area contributed by atoms with Crippen LogP contribution >= 0.6 is 12.2 Å². The van der Waals surface area contributed by atoms with Crippen molar-refractivity contribution in [3.05, 3.63) is 69.5 Å². The van der Waals surface area contributed by atoms with Crippen molar-refractivity contribution in [1.29, 1.82) is 0 Å². The minimum absolute atomic E-state index is 0.0441. The molecule has 0 aliphatic heterocycles. The van der Waals surface area contributed by atoms with Gasteiger partial charge in [0, 0.05) is 11.8 Å². The first kappa shape index (κ1) is 16.5. The van der Waals surface area contributed by atoms with Gasteiger partial charge >= 0.3 is 0 Å². The number of hydrogen-bond donors (Lipinski definition) is 2. The Morgan fingerprint density at radius 2 is 1.87 bits per heavy atom. The topological polar surface area (TPSA) is 84.3 Å². The highest BCUT2D eigenvalue weighted by molar-refractivity contribution is 7.80. The van der Waals surface area contributed by atoms with Crippen LogP contribution in [0.5, 0.6) is 0 Å². The summed E-state index contributed by atoms with van der Waals surface area (Å²) >= 11 is 4.98. The van der Waals surface area contributed by atoms with Crippen LogP contribution in [0.1, 0.15) is 15.9 Å². The number of aryl methyl sites for hydroxylation is 1. The molecule has 0 bridgehead atoms. The Morgan fingerprint density at radius 1 is 1.22 bits per heavy atom. The molecular weight excluding hydrogens is 321 g/mol. The molecule has 0 aromatic heterocycles. The van der Waals surface area contributed by atoms with Gasteiger partial charge in [0.05, 0.1) is 4.92 Å². The van der Waals surface area contributed by atoms with Gasteiger partial charge in [0.1, 0.15) is 11.4 Å². The standard InChI is InChI=1S/C15H12FN3O3S/c1-9-2-7-13(19(21)22)12(8-9)14(20)18-15(23)17-11-5-3-10(16)4-6-11/h2-8H,1H3,(H2,17,18,20,23). The van der Waals surface area contributed by atoms with Gasteiger partial charge in [-0.1, -0.05) is 6.07 Å². The fraction of sp³-hybridized carbons (Fsp3) is 0.0667. The predicted octanol–water partition coefficient (Wildman–Crippen LogP) is 3.17. The molecule has 8 heteroatoms. The van der Waals surface area contributed by atoms with E-state index >= 15 is 0 Å². The van der Waals surface area contributed by atoms with E-state index in [2.05, 4.69) is 10.6 Å². The Balaban J connectivity index is 2.12. The Morgan fingerprint density at radius 3 is 2.48 bits per heavy atom. The summed E-state index contributed by atoms with van der Waals surface area (Å²) in [6, 6.07) is 9.58. The van der Waals surface area contributed by atoms with Crippen LogP contribution in [0.15, 0.2) is 42.5 Å². The summed E-state index contributed by atoms with van der Waals surface area (Å²) in [7, 11) is 0. The van der Waals surface area contributed by atoms with Gasteiger partial charge in [-0.2, -0.15) is 0 Å². The van der Waals surface area contributed by atoms with Gasteiger partial charge in [0.15, 0.2) is 5.11 Å². The first-order chi connectivity index (χ1) is 10.9. The van der Waals surface area contributed by atoms with Gasteiger partial charge in [0.2, 0.25) is 0 Å². The molecule has 0 spiro atoms. The van der Waals surface area contributed by atoms with Crippen LogP contribution in [0, 0.1) is 22.9 Å². The summed E-state index contributed by atoms with van der Waals surface area (Å²) in [4.78, 5) is 22.5. The van der Waals surface area contributed by atoms with E-state index in [4.69, 9.17) is 12.2 Å². The van der Waals surface area contributed by atoms with Gasteiger partial charge < -0.3 is 5.32 Å². The minimum atomic E-state index is -0.694. The van der Waals surface area contributed by atoms with Crippen LogP contribution in [-0.4, -0.2) is 15.9 Å². The summed E-state index contributed by atoms with van der Waals surface area (Å²) < 4.78 is 12.8. The zero-order chi connectivity index (χ0) is 17.0. The number of carbonyl (C=O) groups is 1. The molecule has 0 saturated carbocycles. The Hall–Kier alpha value is -2.87. The van der Waals surface area contributed by atoms with Gasteiger partial charge in [-0.15, -0.1) is 0 Å². The van der Waals surface area contributed by atoms with Crippen LogP contribution in [0.2, 0.25) is 0 Å². The number of thiocarbonyl (C=S) groups is 1. The molecule has 118 valence electrons. The smallest absolute Gasteiger partial charge is 0.282 e. The molecule has 0 saturated heterocycles. The second-order valence-electron chi connectivity index (χ2n) is 4.69. The lowest BCUT2D eigenvalue weighted by Gasteiger charge is -2.10. The Labute approximate surface area is 136 Å². The maximum atomic E-state index is 12.8. The SMILES string of the molecule is Cc1ccc([N+](=O)[O-])c(C(=O)NC(=S)Nc2ccc(F)cc2)c1. The number of anilines is 1. The van der Waals surface area contributed by atoms with Crippen LogP contribution in [-0.2, 0) is 0 Å². The van der Waals surface area contributed by atoms with E-state index in [1.807, 2.05) is 0 Å². The summed E-state index contributed by atoms with van der Waals surface area (Å²) in [5, 5.41) is 16.0. The van der Waals surface area contributed by atoms with Crippen molar-refractivity contribution in [2.45, 2.75) is 6.92 Å². The lowest BCUT2D eigenvalue weighted by Crippen LogP contribution is -2.34. The van der Waals surface area contributed by atoms with E-state index in [-0.39, 0.29) is 16.4 Å². The van der Waals surface area contributed by atoms with Crippen LogP contribution in [0.25, 0.3) is 0 Å². The fourth-order valence-electron chi connectivity index (χ4n) is 1.86. The molecule has 0 atom stereocenters. The number of nitrogens with zero attached hydrogens (tertiary/aromatic N) is 1. The maximum absolute atomic E-state index is 12.8. The number of amides is 1. The molecule has 2 aromatic carbocycles. The predicted molar refractivity (Wildman–Crippen MR) is 87.9 cm³/mol. The van der Waals surface area contributed by atoms with Crippen molar-refractivity contribution in [3.8, 4) is 0 Å². The third-order valence-corrected chi connectivity index (χ3v) is 3.13. The molecule has 2 N–H and O–H groups in total. The largest absolute Gasteiger partial charge is 0.332 e. The highest BCUT2D eigenvalue weighted by Gasteiger charge is 2.20. The second-order valence-corrected chi connectivity index (χ2v) is 5.10. The van der Waals surface area contributed by atoms with Gasteiger partial charge in [-0.05, 0) is 55.0 Å². The molecule has 1 amide bonds. The number of carbonyl (C=O) groups excluding carboxylic acids is 1. The van der Waals surface area contributed by atoms with E-state index in [9.17, 15) is 19.3 Å². The lowest BCUT2D eigenvalue weighted by molar-refractivity contribution is -0.385. The second kappa shape index (κ2) is 6.93. The molecule has 0 radical (unpaired) electrons. The van der Waals surface area contributed by atoms with Crippen molar-refractivity contribution in [3.63, 3.8) is 0 Å². The number of nitrogens with one attached hydrogen (secondary N) is 2. The van der Waals surface area contributed by atoms with E-state index in [0.29, 0.717) is 11.3 Å². The van der Waals surface area contributed by atoms with E-state index < -0.39 is 16.6 Å². The molecule has 0 aliphatic carbocycles. The van der Waals surface area contributed by atoms with E-state index in [0.717, 1.165) is 0 Å². The normalized spacial score (nSPS) is 10.0. The monoisotopic (exact) mass is 333 g/mol. The van der Waals surface area contributed by atoms with Crippen LogP contribution in [0.4, 0.5) is 15.8 Å². The summed E-state index contributed by atoms with van der Waals surface area (Å²) in [5.74, 6) is -1.10. The molecule has 2 rings (SSSR count). The number of halogens is 1. The Bertz CT molecular complexity index is 778. The van der Waals surface area contributed by atoms with Crippen molar-refractivity contribution in [2.75, 3.05) is 5.32 Å². The quantitative estimate of drug-likeness (QED) is 0.512. The third-order valence-electron chi connectivity index (χ3n) is 2.92. The van der Waals surface area contributed by atoms with Crippen LogP contribution < -0.4 is 10.6 Å². The average molecular weight is 333 g/mol. The molecule has 6 nitrogen and oxygen atoms in total.